The van der Waals surface area contributed by atoms with Gasteiger partial charge in [-0.15, -0.1) is 0 Å². The second-order valence-electron chi connectivity index (χ2n) is 5.23. The maximum atomic E-state index is 5.75. The maximum Gasteiger partial charge on any atom is 0.0477 e. The minimum absolute atomic E-state index is 0.657. The normalized spacial score (nSPS) is 21.8. The molecule has 0 aromatic heterocycles. The van der Waals surface area contributed by atoms with Crippen LogP contribution in [0.1, 0.15) is 25.7 Å². The lowest BCUT2D eigenvalue weighted by atomic mass is 10.0. The Labute approximate surface area is 110 Å². The van der Waals surface area contributed by atoms with Gasteiger partial charge in [0.2, 0.25) is 0 Å². The number of hydrogen-bond donors (Lipinski definition) is 2. The quantitative estimate of drug-likeness (QED) is 0.656. The third-order valence-electron chi connectivity index (χ3n) is 3.96. The number of rotatable bonds is 4. The molecular weight excluding hydrogens is 311 g/mol. The van der Waals surface area contributed by atoms with Gasteiger partial charge in [-0.25, -0.2) is 0 Å². The molecule has 16 heavy (non-hydrogen) atoms. The Kier molecular flexibility index (Phi) is 2.53. The van der Waals surface area contributed by atoms with Crippen molar-refractivity contribution in [1.29, 1.82) is 0 Å². The van der Waals surface area contributed by atoms with Gasteiger partial charge in [-0.1, -0.05) is 0 Å². The van der Waals surface area contributed by atoms with Crippen LogP contribution in [0.4, 0.5) is 11.4 Å². The van der Waals surface area contributed by atoms with Gasteiger partial charge in [0, 0.05) is 21.5 Å². The minimum Gasteiger partial charge on any atom is -0.399 e. The smallest absolute Gasteiger partial charge is 0.0477 e. The summed E-state index contributed by atoms with van der Waals surface area (Å²) < 4.78 is 1.23. The van der Waals surface area contributed by atoms with Crippen LogP contribution in [0.15, 0.2) is 18.2 Å². The predicted octanol–water partition coefficient (Wildman–Crippen LogP) is 3.48. The number of anilines is 2. The van der Waals surface area contributed by atoms with Gasteiger partial charge >= 0.3 is 0 Å². The summed E-state index contributed by atoms with van der Waals surface area (Å²) in [4.78, 5) is 0. The van der Waals surface area contributed by atoms with Crippen molar-refractivity contribution < 1.29 is 0 Å². The molecule has 0 saturated heterocycles. The van der Waals surface area contributed by atoms with Crippen LogP contribution in [-0.4, -0.2) is 6.54 Å². The van der Waals surface area contributed by atoms with Gasteiger partial charge in [-0.2, -0.15) is 0 Å². The van der Waals surface area contributed by atoms with E-state index in [1.54, 1.807) is 0 Å². The first-order valence-electron chi connectivity index (χ1n) is 5.99. The fourth-order valence-corrected chi connectivity index (χ4v) is 3.26. The standard InChI is InChI=1S/C13H17IN2/c14-11-7-10(15)3-4-12(11)16-8-13(5-6-13)9-1-2-9/h3-4,7,9,16H,1-2,5-6,8,15H2. The highest BCUT2D eigenvalue weighted by Gasteiger charge is 2.53. The van der Waals surface area contributed by atoms with E-state index in [-0.39, 0.29) is 0 Å². The summed E-state index contributed by atoms with van der Waals surface area (Å²) in [5.41, 5.74) is 8.49. The largest absolute Gasteiger partial charge is 0.399 e. The average Bonchev–Trinajstić information content (AvgIpc) is 3.11. The van der Waals surface area contributed by atoms with E-state index in [0.29, 0.717) is 5.41 Å². The number of nitrogens with one attached hydrogen (secondary N) is 1. The number of hydrogen-bond acceptors (Lipinski definition) is 2. The SMILES string of the molecule is Nc1ccc(NCC2(C3CC3)CC2)c(I)c1. The van der Waals surface area contributed by atoms with Gasteiger partial charge in [-0.3, -0.25) is 0 Å². The van der Waals surface area contributed by atoms with Crippen molar-refractivity contribution >= 4 is 34.0 Å². The first-order chi connectivity index (χ1) is 7.70. The summed E-state index contributed by atoms with van der Waals surface area (Å²) in [7, 11) is 0. The van der Waals surface area contributed by atoms with Crippen molar-refractivity contribution in [1.82, 2.24) is 0 Å². The molecule has 3 N–H and O–H groups in total. The van der Waals surface area contributed by atoms with Crippen molar-refractivity contribution in [2.75, 3.05) is 17.6 Å². The van der Waals surface area contributed by atoms with E-state index in [1.165, 1.54) is 34.9 Å². The van der Waals surface area contributed by atoms with Crippen LogP contribution in [0, 0.1) is 14.9 Å². The Bertz CT molecular complexity index is 408. The molecule has 0 atom stereocenters. The van der Waals surface area contributed by atoms with E-state index >= 15 is 0 Å². The monoisotopic (exact) mass is 328 g/mol. The summed E-state index contributed by atoms with van der Waals surface area (Å²) in [6.07, 6.45) is 5.77. The summed E-state index contributed by atoms with van der Waals surface area (Å²) in [5.74, 6) is 1.02. The summed E-state index contributed by atoms with van der Waals surface area (Å²) in [6, 6.07) is 6.10. The lowest BCUT2D eigenvalue weighted by Crippen LogP contribution is -2.17. The zero-order valence-corrected chi connectivity index (χ0v) is 11.5. The summed E-state index contributed by atoms with van der Waals surface area (Å²) in [6.45, 7) is 1.15. The number of nitrogens with two attached hydrogens (primary N) is 1. The van der Waals surface area contributed by atoms with Gasteiger partial charge in [0.1, 0.15) is 0 Å². The molecule has 86 valence electrons. The van der Waals surface area contributed by atoms with Crippen molar-refractivity contribution in [3.8, 4) is 0 Å². The Morgan fingerprint density at radius 1 is 1.38 bits per heavy atom. The van der Waals surface area contributed by atoms with Crippen molar-refractivity contribution in [2.24, 2.45) is 11.3 Å². The second-order valence-corrected chi connectivity index (χ2v) is 6.39. The average molecular weight is 328 g/mol. The molecule has 0 unspecified atom stereocenters. The van der Waals surface area contributed by atoms with E-state index in [9.17, 15) is 0 Å². The molecule has 0 heterocycles. The molecule has 0 amide bonds. The van der Waals surface area contributed by atoms with E-state index in [1.807, 2.05) is 12.1 Å². The van der Waals surface area contributed by atoms with Crippen molar-refractivity contribution in [3.05, 3.63) is 21.8 Å². The number of halogens is 1. The minimum atomic E-state index is 0.657. The van der Waals surface area contributed by atoms with Crippen LogP contribution in [0.5, 0.6) is 0 Å². The zero-order valence-electron chi connectivity index (χ0n) is 9.30. The van der Waals surface area contributed by atoms with E-state index in [4.69, 9.17) is 5.73 Å². The highest BCUT2D eigenvalue weighted by Crippen LogP contribution is 2.61. The molecule has 0 bridgehead atoms. The molecule has 0 radical (unpaired) electrons. The molecule has 0 aliphatic heterocycles. The molecule has 3 heteroatoms. The Balaban J connectivity index is 1.66. The van der Waals surface area contributed by atoms with Crippen molar-refractivity contribution in [3.63, 3.8) is 0 Å². The number of nitrogen functional groups attached to an aromatic ring is 1. The first kappa shape index (κ1) is 10.7. The lowest BCUT2D eigenvalue weighted by Gasteiger charge is -2.17. The molecule has 2 nitrogen and oxygen atoms in total. The van der Waals surface area contributed by atoms with Gasteiger partial charge in [0.05, 0.1) is 0 Å². The lowest BCUT2D eigenvalue weighted by molar-refractivity contribution is 0.467. The Hall–Kier alpha value is -0.450. The Morgan fingerprint density at radius 3 is 2.69 bits per heavy atom. The van der Waals surface area contributed by atoms with Gasteiger partial charge < -0.3 is 11.1 Å². The highest BCUT2D eigenvalue weighted by molar-refractivity contribution is 14.1. The van der Waals surface area contributed by atoms with Gasteiger partial charge in [0.25, 0.3) is 0 Å². The van der Waals surface area contributed by atoms with Crippen LogP contribution in [0.3, 0.4) is 0 Å². The topological polar surface area (TPSA) is 38.0 Å². The molecule has 2 fully saturated rings. The second kappa shape index (κ2) is 3.79. The van der Waals surface area contributed by atoms with Crippen LogP contribution < -0.4 is 11.1 Å². The van der Waals surface area contributed by atoms with Gasteiger partial charge in [-0.05, 0) is 77.8 Å². The molecule has 1 aromatic carbocycles. The van der Waals surface area contributed by atoms with Gasteiger partial charge in [0.15, 0.2) is 0 Å². The predicted molar refractivity (Wildman–Crippen MR) is 76.5 cm³/mol. The van der Waals surface area contributed by atoms with Crippen LogP contribution >= 0.6 is 22.6 Å². The highest BCUT2D eigenvalue weighted by atomic mass is 127. The fourth-order valence-electron chi connectivity index (χ4n) is 2.53. The molecule has 2 saturated carbocycles. The first-order valence-corrected chi connectivity index (χ1v) is 7.06. The van der Waals surface area contributed by atoms with Crippen molar-refractivity contribution in [2.45, 2.75) is 25.7 Å². The van der Waals surface area contributed by atoms with Crippen LogP contribution in [0.25, 0.3) is 0 Å². The molecule has 3 rings (SSSR count). The third kappa shape index (κ3) is 2.01. The molecule has 2 aliphatic rings. The summed E-state index contributed by atoms with van der Waals surface area (Å²) in [5, 5.41) is 3.60. The van der Waals surface area contributed by atoms with E-state index in [2.05, 4.69) is 34.0 Å². The molecule has 1 aromatic rings. The maximum absolute atomic E-state index is 5.75. The Morgan fingerprint density at radius 2 is 2.12 bits per heavy atom. The number of benzene rings is 1. The van der Waals surface area contributed by atoms with E-state index in [0.717, 1.165) is 18.2 Å². The van der Waals surface area contributed by atoms with Crippen LogP contribution in [-0.2, 0) is 0 Å². The molecule has 0 spiro atoms. The molecular formula is C13H17IN2. The summed E-state index contributed by atoms with van der Waals surface area (Å²) >= 11 is 2.35. The van der Waals surface area contributed by atoms with E-state index < -0.39 is 0 Å². The zero-order chi connectivity index (χ0) is 11.2. The molecule has 2 aliphatic carbocycles. The fraction of sp³-hybridized carbons (Fsp3) is 0.538. The third-order valence-corrected chi connectivity index (χ3v) is 4.85. The van der Waals surface area contributed by atoms with Crippen LogP contribution in [0.2, 0.25) is 0 Å².